The summed E-state index contributed by atoms with van der Waals surface area (Å²) < 4.78 is 1.81. The van der Waals surface area contributed by atoms with Crippen LogP contribution in [0.5, 0.6) is 0 Å². The molecule has 1 saturated carbocycles. The first-order valence-corrected chi connectivity index (χ1v) is 10.8. The molecule has 4 rings (SSSR count). The number of likely N-dealkylation sites (tertiary alicyclic amines) is 1. The van der Waals surface area contributed by atoms with Gasteiger partial charge in [0, 0.05) is 38.4 Å². The number of nitrogens with zero attached hydrogens (tertiary/aromatic N) is 3. The molecule has 2 heterocycles. The van der Waals surface area contributed by atoms with E-state index in [1.807, 2.05) is 41.4 Å². The first-order chi connectivity index (χ1) is 14.2. The molecule has 1 aromatic heterocycles. The lowest BCUT2D eigenvalue weighted by Crippen LogP contribution is -2.47. The first kappa shape index (κ1) is 19.7. The lowest BCUT2D eigenvalue weighted by atomic mass is 9.87. The van der Waals surface area contributed by atoms with Crippen molar-refractivity contribution in [2.45, 2.75) is 51.5 Å². The number of carbonyl (C=O) groups is 2. The van der Waals surface area contributed by atoms with Crippen molar-refractivity contribution in [3.05, 3.63) is 48.3 Å². The van der Waals surface area contributed by atoms with Crippen LogP contribution in [0, 0.1) is 11.8 Å². The van der Waals surface area contributed by atoms with Crippen molar-refractivity contribution in [2.75, 3.05) is 13.1 Å². The van der Waals surface area contributed by atoms with E-state index in [2.05, 4.69) is 10.4 Å². The van der Waals surface area contributed by atoms with E-state index in [-0.39, 0.29) is 17.7 Å². The summed E-state index contributed by atoms with van der Waals surface area (Å²) >= 11 is 0. The molecule has 1 N–H and O–H groups in total. The zero-order valence-corrected chi connectivity index (χ0v) is 16.9. The van der Waals surface area contributed by atoms with Crippen LogP contribution in [0.25, 0.3) is 5.69 Å². The van der Waals surface area contributed by atoms with E-state index in [0.717, 1.165) is 17.8 Å². The number of aromatic nitrogens is 2. The molecule has 1 atom stereocenters. The molecular formula is C23H30N4O2. The Labute approximate surface area is 172 Å². The minimum absolute atomic E-state index is 0.0515. The van der Waals surface area contributed by atoms with Gasteiger partial charge >= 0.3 is 0 Å². The zero-order valence-electron chi connectivity index (χ0n) is 16.9. The van der Waals surface area contributed by atoms with Gasteiger partial charge < -0.3 is 10.2 Å². The van der Waals surface area contributed by atoms with Gasteiger partial charge in [0.15, 0.2) is 0 Å². The predicted octanol–water partition coefficient (Wildman–Crippen LogP) is 3.31. The third-order valence-electron chi connectivity index (χ3n) is 6.22. The average Bonchev–Trinajstić information content (AvgIpc) is 3.30. The average molecular weight is 395 g/mol. The molecule has 2 aliphatic rings. The number of nitrogens with one attached hydrogen (secondary N) is 1. The maximum Gasteiger partial charge on any atom is 0.225 e. The monoisotopic (exact) mass is 394 g/mol. The highest BCUT2D eigenvalue weighted by molar-refractivity contribution is 5.83. The second kappa shape index (κ2) is 9.25. The van der Waals surface area contributed by atoms with Gasteiger partial charge in [0.1, 0.15) is 0 Å². The first-order valence-electron chi connectivity index (χ1n) is 10.8. The van der Waals surface area contributed by atoms with Gasteiger partial charge in [0.25, 0.3) is 0 Å². The maximum atomic E-state index is 12.8. The SMILES string of the molecule is O=C(NCc1cccc(-n2cccn2)c1)C1CCC(=O)N(CC2CCCCC2)C1. The molecule has 154 valence electrons. The van der Waals surface area contributed by atoms with Crippen molar-refractivity contribution >= 4 is 11.8 Å². The Balaban J connectivity index is 1.31. The number of carbonyl (C=O) groups excluding carboxylic acids is 2. The molecule has 2 fully saturated rings. The standard InChI is InChI=1S/C23H30N4O2/c28-22-11-10-20(17-26(22)16-18-6-2-1-3-7-18)23(29)24-15-19-8-4-9-21(14-19)27-13-5-12-25-27/h4-5,8-9,12-14,18,20H,1-3,6-7,10-11,15-17H2,(H,24,29). The summed E-state index contributed by atoms with van der Waals surface area (Å²) in [7, 11) is 0. The molecule has 0 bridgehead atoms. The van der Waals surface area contributed by atoms with Crippen LogP contribution in [0.3, 0.4) is 0 Å². The molecule has 0 spiro atoms. The van der Waals surface area contributed by atoms with E-state index < -0.39 is 0 Å². The Hall–Kier alpha value is -2.63. The summed E-state index contributed by atoms with van der Waals surface area (Å²) in [4.78, 5) is 27.1. The van der Waals surface area contributed by atoms with Crippen LogP contribution in [0.15, 0.2) is 42.7 Å². The van der Waals surface area contributed by atoms with Crippen LogP contribution in [-0.4, -0.2) is 39.6 Å². The molecule has 29 heavy (non-hydrogen) atoms. The minimum atomic E-state index is -0.106. The molecule has 6 nitrogen and oxygen atoms in total. The van der Waals surface area contributed by atoms with Crippen molar-refractivity contribution in [3.8, 4) is 5.69 Å². The Morgan fingerprint density at radius 2 is 2.00 bits per heavy atom. The fourth-order valence-corrected chi connectivity index (χ4v) is 4.55. The normalized spacial score (nSPS) is 20.6. The molecular weight excluding hydrogens is 364 g/mol. The zero-order chi connectivity index (χ0) is 20.1. The second-order valence-corrected chi connectivity index (χ2v) is 8.38. The van der Waals surface area contributed by atoms with E-state index >= 15 is 0 Å². The highest BCUT2D eigenvalue weighted by Crippen LogP contribution is 2.27. The van der Waals surface area contributed by atoms with Gasteiger partial charge in [-0.25, -0.2) is 4.68 Å². The largest absolute Gasteiger partial charge is 0.352 e. The van der Waals surface area contributed by atoms with Crippen molar-refractivity contribution in [1.82, 2.24) is 20.0 Å². The van der Waals surface area contributed by atoms with Gasteiger partial charge in [0.05, 0.1) is 11.6 Å². The lowest BCUT2D eigenvalue weighted by Gasteiger charge is -2.35. The van der Waals surface area contributed by atoms with E-state index in [9.17, 15) is 9.59 Å². The fraction of sp³-hybridized carbons (Fsp3) is 0.522. The number of amides is 2. The van der Waals surface area contributed by atoms with Gasteiger partial charge in [-0.3, -0.25) is 9.59 Å². The minimum Gasteiger partial charge on any atom is -0.352 e. The van der Waals surface area contributed by atoms with Crippen molar-refractivity contribution in [1.29, 1.82) is 0 Å². The van der Waals surface area contributed by atoms with Crippen molar-refractivity contribution in [3.63, 3.8) is 0 Å². The van der Waals surface area contributed by atoms with Crippen molar-refractivity contribution in [2.24, 2.45) is 11.8 Å². The Kier molecular flexibility index (Phi) is 6.27. The van der Waals surface area contributed by atoms with Gasteiger partial charge in [-0.1, -0.05) is 31.4 Å². The molecule has 1 saturated heterocycles. The van der Waals surface area contributed by atoms with Crippen LogP contribution in [0.1, 0.15) is 50.5 Å². The number of hydrogen-bond donors (Lipinski definition) is 1. The highest BCUT2D eigenvalue weighted by Gasteiger charge is 2.31. The predicted molar refractivity (Wildman–Crippen MR) is 111 cm³/mol. The number of rotatable bonds is 6. The van der Waals surface area contributed by atoms with Gasteiger partial charge in [-0.2, -0.15) is 5.10 Å². The molecule has 1 aliphatic heterocycles. The number of hydrogen-bond acceptors (Lipinski definition) is 3. The van der Waals surface area contributed by atoms with Gasteiger partial charge in [-0.15, -0.1) is 0 Å². The Morgan fingerprint density at radius 1 is 1.14 bits per heavy atom. The number of piperidine rings is 1. The summed E-state index contributed by atoms with van der Waals surface area (Å²) in [5, 5.41) is 7.33. The second-order valence-electron chi connectivity index (χ2n) is 8.38. The molecule has 6 heteroatoms. The Bertz CT molecular complexity index is 827. The topological polar surface area (TPSA) is 67.2 Å². The molecule has 2 amide bonds. The lowest BCUT2D eigenvalue weighted by molar-refractivity contribution is -0.139. The molecule has 1 aromatic carbocycles. The number of benzene rings is 1. The van der Waals surface area contributed by atoms with Crippen molar-refractivity contribution < 1.29 is 9.59 Å². The fourth-order valence-electron chi connectivity index (χ4n) is 4.55. The summed E-state index contributed by atoms with van der Waals surface area (Å²) in [6.45, 7) is 1.88. The maximum absolute atomic E-state index is 12.8. The quantitative estimate of drug-likeness (QED) is 0.817. The van der Waals surface area contributed by atoms with E-state index in [1.54, 1.807) is 10.9 Å². The summed E-state index contributed by atoms with van der Waals surface area (Å²) in [6.07, 6.45) is 11.1. The Morgan fingerprint density at radius 3 is 2.79 bits per heavy atom. The van der Waals surface area contributed by atoms with E-state index in [4.69, 9.17) is 0 Å². The molecule has 2 aromatic rings. The van der Waals surface area contributed by atoms with Crippen LogP contribution >= 0.6 is 0 Å². The third kappa shape index (κ3) is 5.05. The van der Waals surface area contributed by atoms with Crippen LogP contribution < -0.4 is 5.32 Å². The summed E-state index contributed by atoms with van der Waals surface area (Å²) in [5.74, 6) is 0.771. The van der Waals surface area contributed by atoms with Gasteiger partial charge in [-0.05, 0) is 48.9 Å². The highest BCUT2D eigenvalue weighted by atomic mass is 16.2. The molecule has 0 radical (unpaired) electrons. The van der Waals surface area contributed by atoms with E-state index in [0.29, 0.717) is 31.8 Å². The van der Waals surface area contributed by atoms with Crippen LogP contribution in [0.2, 0.25) is 0 Å². The van der Waals surface area contributed by atoms with Gasteiger partial charge in [0.2, 0.25) is 11.8 Å². The smallest absolute Gasteiger partial charge is 0.225 e. The third-order valence-corrected chi connectivity index (χ3v) is 6.22. The summed E-state index contributed by atoms with van der Waals surface area (Å²) in [6, 6.07) is 9.90. The molecule has 1 aliphatic carbocycles. The van der Waals surface area contributed by atoms with Crippen LogP contribution in [0.4, 0.5) is 0 Å². The summed E-state index contributed by atoms with van der Waals surface area (Å²) in [5.41, 5.74) is 2.01. The van der Waals surface area contributed by atoms with Crippen LogP contribution in [-0.2, 0) is 16.1 Å². The molecule has 1 unspecified atom stereocenters. The van der Waals surface area contributed by atoms with E-state index in [1.165, 1.54) is 32.1 Å².